The van der Waals surface area contributed by atoms with Gasteiger partial charge in [-0.1, -0.05) is 112 Å². The lowest BCUT2D eigenvalue weighted by Gasteiger charge is -2.46. The fourth-order valence-corrected chi connectivity index (χ4v) is 10.3. The van der Waals surface area contributed by atoms with E-state index in [9.17, 15) is 15.0 Å². The molecule has 0 heterocycles. The van der Waals surface area contributed by atoms with E-state index in [2.05, 4.69) is 52.8 Å². The van der Waals surface area contributed by atoms with Crippen molar-refractivity contribution in [3.8, 4) is 11.1 Å². The summed E-state index contributed by atoms with van der Waals surface area (Å²) in [5.74, 6) is 0.980. The minimum Gasteiger partial charge on any atom is -0.446 e. The molecule has 308 valence electrons. The van der Waals surface area contributed by atoms with E-state index in [0.717, 1.165) is 54.4 Å². The Bertz CT molecular complexity index is 1850. The van der Waals surface area contributed by atoms with Gasteiger partial charge >= 0.3 is 6.09 Å². The summed E-state index contributed by atoms with van der Waals surface area (Å²) in [6.07, 6.45) is 9.30. The average molecular weight is 778 g/mol. The van der Waals surface area contributed by atoms with Crippen LogP contribution in [0.4, 0.5) is 4.79 Å². The van der Waals surface area contributed by atoms with E-state index < -0.39 is 17.1 Å². The minimum absolute atomic E-state index is 0.0624. The molecular weight excluding hydrogens is 711 g/mol. The predicted octanol–water partition coefficient (Wildman–Crippen LogP) is 10.6. The number of hydrogen-bond donors (Lipinski definition) is 2. The molecule has 2 bridgehead atoms. The molecule has 0 saturated heterocycles. The van der Waals surface area contributed by atoms with E-state index in [-0.39, 0.29) is 30.4 Å². The molecule has 7 rings (SSSR count). The second-order valence-corrected chi connectivity index (χ2v) is 18.2. The molecule has 4 aliphatic carbocycles. The molecule has 0 spiro atoms. The molecule has 0 aromatic heterocycles. The number of allylic oxidation sites excluding steroid dienone is 2. The molecule has 4 aliphatic rings. The number of benzene rings is 3. The molecule has 2 N–H and O–H groups in total. The highest BCUT2D eigenvalue weighted by Gasteiger charge is 2.58. The van der Waals surface area contributed by atoms with Crippen LogP contribution in [-0.4, -0.2) is 71.6 Å². The zero-order valence-corrected chi connectivity index (χ0v) is 35.3. The maximum atomic E-state index is 15.1. The number of nitrogens with zero attached hydrogens (tertiary/aromatic N) is 1. The van der Waals surface area contributed by atoms with Gasteiger partial charge in [-0.25, -0.2) is 4.79 Å². The monoisotopic (exact) mass is 777 g/mol. The van der Waals surface area contributed by atoms with Crippen LogP contribution in [0.25, 0.3) is 11.1 Å². The van der Waals surface area contributed by atoms with Crippen LogP contribution in [0.3, 0.4) is 0 Å². The fourth-order valence-electron chi connectivity index (χ4n) is 10.3. The van der Waals surface area contributed by atoms with Crippen LogP contribution in [0.15, 0.2) is 84.4 Å². The predicted molar refractivity (Wildman–Crippen MR) is 228 cm³/mol. The Morgan fingerprint density at radius 3 is 2.46 bits per heavy atom. The highest BCUT2D eigenvalue weighted by Crippen LogP contribution is 2.59. The Balaban J connectivity index is 1.40. The molecule has 3 aromatic rings. The Morgan fingerprint density at radius 1 is 0.947 bits per heavy atom. The van der Waals surface area contributed by atoms with Gasteiger partial charge in [-0.05, 0) is 123 Å². The SMILES string of the molecule is COCCCN(CC1(O)CCC2c3ccc(cc3C(=O)c3ccccc3-c3ccccc3)CC(O)CCC(C)=CCCC21C)C(=O)OC1CC(C)CCC1C(C)C. The first kappa shape index (κ1) is 42.8. The van der Waals surface area contributed by atoms with Gasteiger partial charge < -0.3 is 24.6 Å². The number of ether oxygens (including phenoxy) is 2. The lowest BCUT2D eigenvalue weighted by molar-refractivity contribution is -0.0868. The number of hydrogen-bond acceptors (Lipinski definition) is 6. The summed E-state index contributed by atoms with van der Waals surface area (Å²) in [6, 6.07) is 24.0. The number of methoxy groups -OCH3 is 1. The number of ketones is 1. The molecule has 3 aromatic carbocycles. The van der Waals surface area contributed by atoms with Crippen molar-refractivity contribution in [3.05, 3.63) is 107 Å². The first-order chi connectivity index (χ1) is 27.3. The Hall–Kier alpha value is -3.78. The topological polar surface area (TPSA) is 96.3 Å². The molecular formula is C50H67NO6. The fraction of sp³-hybridized carbons (Fsp3) is 0.560. The zero-order chi connectivity index (χ0) is 40.7. The van der Waals surface area contributed by atoms with E-state index in [4.69, 9.17) is 9.47 Å². The molecule has 0 aliphatic heterocycles. The van der Waals surface area contributed by atoms with Crippen LogP contribution >= 0.6 is 0 Å². The highest BCUT2D eigenvalue weighted by molar-refractivity contribution is 6.13. The van der Waals surface area contributed by atoms with Crippen LogP contribution in [0, 0.1) is 23.2 Å². The van der Waals surface area contributed by atoms with Gasteiger partial charge in [-0.2, -0.15) is 0 Å². The number of carbonyl (C=O) groups is 2. The third-order valence-corrected chi connectivity index (χ3v) is 13.9. The molecule has 7 atom stereocenters. The number of aliphatic hydroxyl groups is 2. The number of amides is 1. The smallest absolute Gasteiger partial charge is 0.410 e. The highest BCUT2D eigenvalue weighted by atomic mass is 16.6. The van der Waals surface area contributed by atoms with Crippen LogP contribution in [0.1, 0.15) is 132 Å². The number of aliphatic hydroxyl groups excluding tert-OH is 1. The number of fused-ring (bicyclic) bond motifs is 8. The van der Waals surface area contributed by atoms with Gasteiger partial charge in [0.25, 0.3) is 0 Å². The largest absolute Gasteiger partial charge is 0.446 e. The van der Waals surface area contributed by atoms with Crippen LogP contribution in [0.2, 0.25) is 0 Å². The van der Waals surface area contributed by atoms with Gasteiger partial charge in [-0.3, -0.25) is 4.79 Å². The second kappa shape index (κ2) is 18.9. The van der Waals surface area contributed by atoms with Gasteiger partial charge in [0.1, 0.15) is 6.10 Å². The van der Waals surface area contributed by atoms with E-state index >= 15 is 4.79 Å². The minimum atomic E-state index is -1.25. The Morgan fingerprint density at radius 2 is 1.70 bits per heavy atom. The summed E-state index contributed by atoms with van der Waals surface area (Å²) >= 11 is 0. The van der Waals surface area contributed by atoms with Crippen molar-refractivity contribution in [3.63, 3.8) is 0 Å². The van der Waals surface area contributed by atoms with Crippen molar-refractivity contribution in [1.29, 1.82) is 0 Å². The van der Waals surface area contributed by atoms with E-state index in [1.54, 1.807) is 12.0 Å². The standard InChI is InChI=1S/C50H67NO6/c1-34(2)40-23-20-36(4)30-46(40)57-48(54)51(28-13-29-56-6)33-50(55)27-25-45-42-24-21-37(31-39(52)22-19-35(3)14-12-26-49(45,50)5)32-44(42)47(53)43-18-11-10-17-41(43)38-15-8-7-9-16-38/h7-11,14-18,21,24,32,34,36,39-40,45-46,52,55H,12-13,19-20,22-23,25-31,33H2,1-6H3. The molecule has 0 radical (unpaired) electrons. The lowest BCUT2D eigenvalue weighted by Crippen LogP contribution is -2.54. The number of carbonyl (C=O) groups excluding carboxylic acids is 2. The van der Waals surface area contributed by atoms with Crippen LogP contribution in [0.5, 0.6) is 0 Å². The molecule has 7 unspecified atom stereocenters. The Labute approximate surface area is 341 Å². The normalized spacial score (nSPS) is 28.0. The Kier molecular flexibility index (Phi) is 14.2. The van der Waals surface area contributed by atoms with E-state index in [1.165, 1.54) is 5.57 Å². The van der Waals surface area contributed by atoms with Crippen molar-refractivity contribution in [1.82, 2.24) is 4.90 Å². The maximum absolute atomic E-state index is 15.1. The summed E-state index contributed by atoms with van der Waals surface area (Å²) in [7, 11) is 1.67. The first-order valence-corrected chi connectivity index (χ1v) is 21.7. The molecule has 2 saturated carbocycles. The first-order valence-electron chi connectivity index (χ1n) is 21.7. The maximum Gasteiger partial charge on any atom is 0.410 e. The molecule has 1 amide bonds. The summed E-state index contributed by atoms with van der Waals surface area (Å²) in [5, 5.41) is 24.3. The van der Waals surface area contributed by atoms with Crippen molar-refractivity contribution in [2.45, 2.75) is 129 Å². The van der Waals surface area contributed by atoms with Crippen molar-refractivity contribution < 1.29 is 29.3 Å². The summed E-state index contributed by atoms with van der Waals surface area (Å²) in [4.78, 5) is 31.1. The van der Waals surface area contributed by atoms with Gasteiger partial charge in [-0.15, -0.1) is 0 Å². The van der Waals surface area contributed by atoms with Gasteiger partial charge in [0.05, 0.1) is 18.2 Å². The summed E-state index contributed by atoms with van der Waals surface area (Å²) in [6.45, 7) is 12.0. The zero-order valence-electron chi connectivity index (χ0n) is 35.3. The third kappa shape index (κ3) is 9.75. The average Bonchev–Trinajstić information content (AvgIpc) is 3.45. The molecule has 2 fully saturated rings. The van der Waals surface area contributed by atoms with E-state index in [0.29, 0.717) is 80.6 Å². The summed E-state index contributed by atoms with van der Waals surface area (Å²) < 4.78 is 11.9. The van der Waals surface area contributed by atoms with Crippen molar-refractivity contribution in [2.24, 2.45) is 23.2 Å². The van der Waals surface area contributed by atoms with Crippen LogP contribution < -0.4 is 0 Å². The quantitative estimate of drug-likeness (QED) is 0.114. The van der Waals surface area contributed by atoms with Crippen molar-refractivity contribution >= 4 is 11.9 Å². The number of rotatable bonds is 11. The van der Waals surface area contributed by atoms with E-state index in [1.807, 2.05) is 60.7 Å². The van der Waals surface area contributed by atoms with Crippen molar-refractivity contribution in [2.75, 3.05) is 26.8 Å². The third-order valence-electron chi connectivity index (χ3n) is 13.9. The molecule has 7 heteroatoms. The van der Waals surface area contributed by atoms with Gasteiger partial charge in [0.2, 0.25) is 0 Å². The van der Waals surface area contributed by atoms with Gasteiger partial charge in [0, 0.05) is 36.8 Å². The van der Waals surface area contributed by atoms with Crippen LogP contribution in [-0.2, 0) is 15.9 Å². The lowest BCUT2D eigenvalue weighted by atomic mass is 9.64. The molecule has 7 nitrogen and oxygen atoms in total. The summed E-state index contributed by atoms with van der Waals surface area (Å²) in [5.41, 5.74) is 4.21. The van der Waals surface area contributed by atoms with Gasteiger partial charge in [0.15, 0.2) is 5.78 Å². The second-order valence-electron chi connectivity index (χ2n) is 18.2. The molecule has 57 heavy (non-hydrogen) atoms.